The van der Waals surface area contributed by atoms with E-state index in [0.29, 0.717) is 28.0 Å². The highest BCUT2D eigenvalue weighted by molar-refractivity contribution is 6.34. The van der Waals surface area contributed by atoms with Crippen LogP contribution in [0.2, 0.25) is 10.0 Å². The zero-order valence-electron chi connectivity index (χ0n) is 11.3. The number of likely N-dealkylation sites (N-methyl/N-ethyl adjacent to an activating group) is 1. The summed E-state index contributed by atoms with van der Waals surface area (Å²) in [5.74, 6) is 0.269. The van der Waals surface area contributed by atoms with Gasteiger partial charge in [-0.1, -0.05) is 23.2 Å². The number of benzene rings is 1. The molecule has 1 aromatic carbocycles. The van der Waals surface area contributed by atoms with Crippen LogP contribution in [0, 0.1) is 0 Å². The van der Waals surface area contributed by atoms with Crippen LogP contribution in [0.25, 0.3) is 0 Å². The fourth-order valence-electron chi connectivity index (χ4n) is 1.61. The van der Waals surface area contributed by atoms with Gasteiger partial charge in [-0.25, -0.2) is 0 Å². The normalized spacial score (nSPS) is 10.2. The third-order valence-corrected chi connectivity index (χ3v) is 3.08. The number of aromatic nitrogens is 2. The molecule has 1 amide bonds. The molecule has 110 valence electrons. The van der Waals surface area contributed by atoms with E-state index >= 15 is 0 Å². The second kappa shape index (κ2) is 7.24. The minimum absolute atomic E-state index is 0.104. The Morgan fingerprint density at radius 1 is 1.24 bits per heavy atom. The van der Waals surface area contributed by atoms with Gasteiger partial charge >= 0.3 is 0 Å². The van der Waals surface area contributed by atoms with Crippen molar-refractivity contribution in [1.29, 1.82) is 0 Å². The van der Waals surface area contributed by atoms with Gasteiger partial charge < -0.3 is 9.64 Å². The second-order valence-electron chi connectivity index (χ2n) is 4.34. The first-order valence-electron chi connectivity index (χ1n) is 6.12. The maximum Gasteiger partial charge on any atom is 0.260 e. The van der Waals surface area contributed by atoms with E-state index < -0.39 is 0 Å². The number of hydrogen-bond donors (Lipinski definition) is 0. The molecule has 0 fully saturated rings. The van der Waals surface area contributed by atoms with Crippen molar-refractivity contribution in [3.8, 4) is 5.75 Å². The second-order valence-corrected chi connectivity index (χ2v) is 5.21. The Balaban J connectivity index is 1.89. The Bertz CT molecular complexity index is 603. The van der Waals surface area contributed by atoms with Gasteiger partial charge in [-0.15, -0.1) is 0 Å². The van der Waals surface area contributed by atoms with Crippen LogP contribution in [0.3, 0.4) is 0 Å². The van der Waals surface area contributed by atoms with Crippen molar-refractivity contribution < 1.29 is 9.53 Å². The SMILES string of the molecule is CN(Cc1cnccn1)C(=O)COc1cc(Cl)cc(Cl)c1. The number of nitrogens with zero attached hydrogens (tertiary/aromatic N) is 3. The molecule has 5 nitrogen and oxygen atoms in total. The molecule has 1 heterocycles. The lowest BCUT2D eigenvalue weighted by Gasteiger charge is -2.17. The zero-order valence-corrected chi connectivity index (χ0v) is 12.8. The Morgan fingerprint density at radius 2 is 1.95 bits per heavy atom. The number of hydrogen-bond acceptors (Lipinski definition) is 4. The molecule has 21 heavy (non-hydrogen) atoms. The fourth-order valence-corrected chi connectivity index (χ4v) is 2.12. The highest BCUT2D eigenvalue weighted by Crippen LogP contribution is 2.24. The van der Waals surface area contributed by atoms with Crippen molar-refractivity contribution >= 4 is 29.1 Å². The summed E-state index contributed by atoms with van der Waals surface area (Å²) >= 11 is 11.7. The summed E-state index contributed by atoms with van der Waals surface area (Å²) in [6.07, 6.45) is 4.77. The van der Waals surface area contributed by atoms with E-state index in [1.807, 2.05) is 0 Å². The Labute approximate surface area is 132 Å². The number of carbonyl (C=O) groups is 1. The molecule has 0 aliphatic heterocycles. The minimum atomic E-state index is -0.184. The summed E-state index contributed by atoms with van der Waals surface area (Å²) in [6, 6.07) is 4.80. The van der Waals surface area contributed by atoms with E-state index in [2.05, 4.69) is 9.97 Å². The summed E-state index contributed by atoms with van der Waals surface area (Å²) in [4.78, 5) is 21.5. The first-order valence-corrected chi connectivity index (χ1v) is 6.88. The molecule has 0 aliphatic carbocycles. The summed E-state index contributed by atoms with van der Waals surface area (Å²) in [5.41, 5.74) is 0.708. The topological polar surface area (TPSA) is 55.3 Å². The third-order valence-electron chi connectivity index (χ3n) is 2.64. The van der Waals surface area contributed by atoms with Gasteiger partial charge in [0, 0.05) is 29.5 Å². The number of ether oxygens (including phenoxy) is 1. The van der Waals surface area contributed by atoms with Gasteiger partial charge in [0.2, 0.25) is 0 Å². The predicted molar refractivity (Wildman–Crippen MR) is 80.5 cm³/mol. The number of carbonyl (C=O) groups excluding carboxylic acids is 1. The molecule has 0 N–H and O–H groups in total. The number of halogens is 2. The molecule has 0 bridgehead atoms. The van der Waals surface area contributed by atoms with Crippen LogP contribution < -0.4 is 4.74 Å². The largest absolute Gasteiger partial charge is 0.484 e. The van der Waals surface area contributed by atoms with Crippen molar-refractivity contribution in [3.05, 3.63) is 52.5 Å². The maximum absolute atomic E-state index is 12.0. The van der Waals surface area contributed by atoms with Crippen LogP contribution in [0.1, 0.15) is 5.69 Å². The van der Waals surface area contributed by atoms with Crippen LogP contribution in [-0.4, -0.2) is 34.4 Å². The van der Waals surface area contributed by atoms with E-state index in [0.717, 1.165) is 0 Å². The molecule has 0 aliphatic rings. The molecule has 0 atom stereocenters. The third kappa shape index (κ3) is 4.88. The molecular weight excluding hydrogens is 313 g/mol. The van der Waals surface area contributed by atoms with Crippen molar-refractivity contribution in [1.82, 2.24) is 14.9 Å². The molecule has 0 radical (unpaired) electrons. The van der Waals surface area contributed by atoms with Gasteiger partial charge in [-0.05, 0) is 18.2 Å². The van der Waals surface area contributed by atoms with Gasteiger partial charge in [0.15, 0.2) is 6.61 Å². The summed E-state index contributed by atoms with van der Waals surface area (Å²) < 4.78 is 5.39. The fraction of sp³-hybridized carbons (Fsp3) is 0.214. The standard InChI is InChI=1S/C14H13Cl2N3O2/c1-19(8-12-7-17-2-3-18-12)14(20)9-21-13-5-10(15)4-11(16)6-13/h2-7H,8-9H2,1H3. The van der Waals surface area contributed by atoms with E-state index in [9.17, 15) is 4.79 Å². The highest BCUT2D eigenvalue weighted by atomic mass is 35.5. The Hall–Kier alpha value is -1.85. The van der Waals surface area contributed by atoms with Crippen LogP contribution in [-0.2, 0) is 11.3 Å². The van der Waals surface area contributed by atoms with Crippen molar-refractivity contribution in [2.75, 3.05) is 13.7 Å². The zero-order chi connectivity index (χ0) is 15.2. The van der Waals surface area contributed by atoms with E-state index in [1.165, 1.54) is 4.90 Å². The molecule has 2 aromatic rings. The molecular formula is C14H13Cl2N3O2. The molecule has 0 saturated carbocycles. The molecule has 1 aromatic heterocycles. The van der Waals surface area contributed by atoms with Crippen molar-refractivity contribution in [3.63, 3.8) is 0 Å². The van der Waals surface area contributed by atoms with Crippen LogP contribution in [0.5, 0.6) is 5.75 Å². The Morgan fingerprint density at radius 3 is 2.57 bits per heavy atom. The minimum Gasteiger partial charge on any atom is -0.484 e. The molecule has 0 unspecified atom stereocenters. The van der Waals surface area contributed by atoms with Gasteiger partial charge in [-0.3, -0.25) is 14.8 Å². The molecule has 2 rings (SSSR count). The maximum atomic E-state index is 12.0. The molecule has 0 saturated heterocycles. The quantitative estimate of drug-likeness (QED) is 0.848. The van der Waals surface area contributed by atoms with Crippen LogP contribution in [0.4, 0.5) is 0 Å². The van der Waals surface area contributed by atoms with E-state index in [4.69, 9.17) is 27.9 Å². The molecule has 0 spiro atoms. The van der Waals surface area contributed by atoms with Gasteiger partial charge in [-0.2, -0.15) is 0 Å². The molecule has 7 heteroatoms. The first-order chi connectivity index (χ1) is 10.0. The van der Waals surface area contributed by atoms with Gasteiger partial charge in [0.25, 0.3) is 5.91 Å². The summed E-state index contributed by atoms with van der Waals surface area (Å²) in [5, 5.41) is 0.913. The average Bonchev–Trinajstić information content (AvgIpc) is 2.44. The summed E-state index contributed by atoms with van der Waals surface area (Å²) in [7, 11) is 1.67. The van der Waals surface area contributed by atoms with E-state index in [1.54, 1.807) is 43.8 Å². The number of amides is 1. The van der Waals surface area contributed by atoms with Gasteiger partial charge in [0.05, 0.1) is 18.4 Å². The predicted octanol–water partition coefficient (Wildman–Crippen LogP) is 2.82. The van der Waals surface area contributed by atoms with Crippen molar-refractivity contribution in [2.45, 2.75) is 6.54 Å². The van der Waals surface area contributed by atoms with Crippen LogP contribution >= 0.6 is 23.2 Å². The highest BCUT2D eigenvalue weighted by Gasteiger charge is 2.11. The summed E-state index contributed by atoms with van der Waals surface area (Å²) in [6.45, 7) is 0.264. The number of rotatable bonds is 5. The van der Waals surface area contributed by atoms with Gasteiger partial charge in [0.1, 0.15) is 5.75 Å². The Kier molecular flexibility index (Phi) is 5.36. The smallest absolute Gasteiger partial charge is 0.260 e. The lowest BCUT2D eigenvalue weighted by atomic mass is 10.3. The van der Waals surface area contributed by atoms with Crippen molar-refractivity contribution in [2.24, 2.45) is 0 Å². The average molecular weight is 326 g/mol. The monoisotopic (exact) mass is 325 g/mol. The van der Waals surface area contributed by atoms with E-state index in [-0.39, 0.29) is 12.5 Å². The first kappa shape index (κ1) is 15.5. The van der Waals surface area contributed by atoms with Crippen LogP contribution in [0.15, 0.2) is 36.8 Å². The lowest BCUT2D eigenvalue weighted by Crippen LogP contribution is -2.31. The lowest BCUT2D eigenvalue weighted by molar-refractivity contribution is -0.132.